The van der Waals surface area contributed by atoms with E-state index < -0.39 is 63.2 Å². The molecule has 1 aliphatic heterocycles. The van der Waals surface area contributed by atoms with Gasteiger partial charge in [0.1, 0.15) is 24.7 Å². The van der Waals surface area contributed by atoms with Crippen molar-refractivity contribution in [3.05, 3.63) is 71.2 Å². The molecular weight excluding hydrogens is 632 g/mol. The number of hydrogen-bond donors (Lipinski definition) is 3. The number of rotatable bonds is 12. The van der Waals surface area contributed by atoms with Crippen molar-refractivity contribution < 1.29 is 51.0 Å². The number of ether oxygens (including phenoxy) is 3. The number of alkyl halides is 3. The predicted octanol–water partition coefficient (Wildman–Crippen LogP) is 5.34. The minimum atomic E-state index is -5.29. The highest BCUT2D eigenvalue weighted by Crippen LogP contribution is 2.49. The molecular formula is C32H36F4N2O7S. The summed E-state index contributed by atoms with van der Waals surface area (Å²) in [5.41, 5.74) is -5.37. The van der Waals surface area contributed by atoms with Gasteiger partial charge in [-0.3, -0.25) is 4.79 Å². The second-order valence-corrected chi connectivity index (χ2v) is 14.0. The Kier molecular flexibility index (Phi) is 10.2. The molecule has 3 aromatic rings. The highest BCUT2D eigenvalue weighted by atomic mass is 32.2. The number of hydrogen-bond acceptors (Lipinski definition) is 8. The molecule has 0 saturated carbocycles. The fourth-order valence-electron chi connectivity index (χ4n) is 4.81. The van der Waals surface area contributed by atoms with E-state index >= 15 is 0 Å². The number of aliphatic hydroxyl groups excluding tert-OH is 1. The normalized spacial score (nSPS) is 18.3. The molecule has 2 heterocycles. The van der Waals surface area contributed by atoms with Crippen molar-refractivity contribution >= 4 is 16.8 Å². The van der Waals surface area contributed by atoms with Crippen LogP contribution in [0.3, 0.4) is 0 Å². The van der Waals surface area contributed by atoms with Gasteiger partial charge >= 0.3 is 6.18 Å². The Balaban J connectivity index is 1.78. The Hall–Kier alpha value is -3.59. The van der Waals surface area contributed by atoms with Crippen molar-refractivity contribution in [1.29, 1.82) is 0 Å². The minimum absolute atomic E-state index is 0.0153. The van der Waals surface area contributed by atoms with Crippen LogP contribution in [0.2, 0.25) is 0 Å². The summed E-state index contributed by atoms with van der Waals surface area (Å²) in [6.07, 6.45) is -7.11. The van der Waals surface area contributed by atoms with Gasteiger partial charge in [-0.1, -0.05) is 0 Å². The third-order valence-electron chi connectivity index (χ3n) is 7.51. The topological polar surface area (TPSA) is 127 Å². The van der Waals surface area contributed by atoms with E-state index in [0.717, 1.165) is 18.2 Å². The van der Waals surface area contributed by atoms with Gasteiger partial charge in [0.15, 0.2) is 23.0 Å². The van der Waals surface area contributed by atoms with Crippen molar-refractivity contribution in [2.24, 2.45) is 0 Å². The molecule has 1 aromatic heterocycles. The van der Waals surface area contributed by atoms with Crippen LogP contribution in [-0.4, -0.2) is 63.0 Å². The van der Waals surface area contributed by atoms with Gasteiger partial charge < -0.3 is 24.4 Å². The largest absolute Gasteiger partial charge is 0.493 e. The standard InChI is InChI=1S/C32H36F4N2O7S/c1-29(2,3)46(42)38-30(4)18-45-28-22(30)17-26(37-27(28)19-6-9-21(33)10-7-19)31(41,32(34,35)36)13-12-23(40)20-8-11-24(44-15-14-39)25(16-20)43-5/h6-11,16-17,38-39,41H,12-15,18H2,1-5H3. The quantitative estimate of drug-likeness (QED) is 0.175. The Labute approximate surface area is 266 Å². The average molecular weight is 669 g/mol. The number of nitrogens with zero attached hydrogens (tertiary/aromatic N) is 1. The van der Waals surface area contributed by atoms with Crippen LogP contribution in [0.4, 0.5) is 17.6 Å². The van der Waals surface area contributed by atoms with Crippen LogP contribution in [0.15, 0.2) is 48.5 Å². The number of halogens is 4. The van der Waals surface area contributed by atoms with E-state index in [1.54, 1.807) is 27.7 Å². The van der Waals surface area contributed by atoms with E-state index in [0.29, 0.717) is 0 Å². The number of pyridine rings is 1. The minimum Gasteiger partial charge on any atom is -0.493 e. The predicted molar refractivity (Wildman–Crippen MR) is 163 cm³/mol. The van der Waals surface area contributed by atoms with E-state index in [4.69, 9.17) is 19.3 Å². The number of carbonyl (C=O) groups excluding carboxylic acids is 1. The lowest BCUT2D eigenvalue weighted by Gasteiger charge is -2.32. The van der Waals surface area contributed by atoms with Crippen LogP contribution in [0.25, 0.3) is 11.3 Å². The molecule has 3 N–H and O–H groups in total. The summed E-state index contributed by atoms with van der Waals surface area (Å²) in [5.74, 6) is -0.854. The van der Waals surface area contributed by atoms with Gasteiger partial charge in [0.2, 0.25) is 5.60 Å². The van der Waals surface area contributed by atoms with Crippen LogP contribution >= 0.6 is 0 Å². The maximum atomic E-state index is 14.8. The van der Waals surface area contributed by atoms with Crippen molar-refractivity contribution in [3.8, 4) is 28.5 Å². The fourth-order valence-corrected chi connectivity index (χ4v) is 5.69. The number of aliphatic hydroxyl groups is 2. The number of carbonyl (C=O) groups is 1. The Morgan fingerprint density at radius 3 is 2.37 bits per heavy atom. The van der Waals surface area contributed by atoms with Gasteiger partial charge in [0.25, 0.3) is 0 Å². The third-order valence-corrected chi connectivity index (χ3v) is 9.25. The van der Waals surface area contributed by atoms with Gasteiger partial charge in [-0.05, 0) is 82.6 Å². The van der Waals surface area contributed by atoms with Crippen molar-refractivity contribution in [2.45, 2.75) is 62.6 Å². The monoisotopic (exact) mass is 668 g/mol. The van der Waals surface area contributed by atoms with E-state index in [1.165, 1.54) is 37.4 Å². The molecule has 250 valence electrons. The number of ketones is 1. The van der Waals surface area contributed by atoms with Gasteiger partial charge in [0, 0.05) is 23.1 Å². The van der Waals surface area contributed by atoms with Gasteiger partial charge in [-0.15, -0.1) is 0 Å². The van der Waals surface area contributed by atoms with Crippen LogP contribution in [-0.2, 0) is 22.1 Å². The van der Waals surface area contributed by atoms with E-state index in [2.05, 4.69) is 9.71 Å². The summed E-state index contributed by atoms with van der Waals surface area (Å²) >= 11 is 0. The van der Waals surface area contributed by atoms with Crippen LogP contribution in [0.5, 0.6) is 17.2 Å². The molecule has 3 unspecified atom stereocenters. The Morgan fingerprint density at radius 1 is 1.11 bits per heavy atom. The second-order valence-electron chi connectivity index (χ2n) is 12.1. The summed E-state index contributed by atoms with van der Waals surface area (Å²) < 4.78 is 90.0. The molecule has 0 saturated heterocycles. The number of methoxy groups -OCH3 is 1. The average Bonchev–Trinajstić information content (AvgIpc) is 3.33. The number of Topliss-reactive ketones (excluding diaryl/α,β-unsaturated/α-hetero) is 1. The molecule has 0 radical (unpaired) electrons. The maximum absolute atomic E-state index is 14.8. The third kappa shape index (κ3) is 7.19. The van der Waals surface area contributed by atoms with Gasteiger partial charge in [0.05, 0.1) is 40.7 Å². The molecule has 0 aliphatic carbocycles. The second kappa shape index (κ2) is 13.3. The fraction of sp³-hybridized carbons (Fsp3) is 0.438. The zero-order valence-corrected chi connectivity index (χ0v) is 26.8. The van der Waals surface area contributed by atoms with Crippen LogP contribution < -0.4 is 18.9 Å². The van der Waals surface area contributed by atoms with E-state index in [9.17, 15) is 31.7 Å². The molecule has 0 bridgehead atoms. The van der Waals surface area contributed by atoms with Crippen molar-refractivity contribution in [2.75, 3.05) is 26.9 Å². The zero-order valence-electron chi connectivity index (χ0n) is 26.0. The summed E-state index contributed by atoms with van der Waals surface area (Å²) in [4.78, 5) is 17.3. The molecule has 2 aromatic carbocycles. The number of benzene rings is 2. The van der Waals surface area contributed by atoms with Gasteiger partial charge in [-0.25, -0.2) is 18.3 Å². The van der Waals surface area contributed by atoms with Crippen LogP contribution in [0.1, 0.15) is 62.2 Å². The lowest BCUT2D eigenvalue weighted by Crippen LogP contribution is -2.47. The van der Waals surface area contributed by atoms with E-state index in [1.807, 2.05) is 0 Å². The maximum Gasteiger partial charge on any atom is 0.422 e. The lowest BCUT2D eigenvalue weighted by atomic mass is 9.86. The summed E-state index contributed by atoms with van der Waals surface area (Å²) in [7, 11) is -0.352. The molecule has 0 fully saturated rings. The first kappa shape index (κ1) is 35.3. The molecule has 3 atom stereocenters. The zero-order chi connectivity index (χ0) is 34.1. The summed E-state index contributed by atoms with van der Waals surface area (Å²) in [5, 5.41) is 20.4. The molecule has 14 heteroatoms. The summed E-state index contributed by atoms with van der Waals surface area (Å²) in [6, 6.07) is 9.94. The molecule has 0 amide bonds. The van der Waals surface area contributed by atoms with Crippen molar-refractivity contribution in [3.63, 3.8) is 0 Å². The Bertz CT molecular complexity index is 1610. The van der Waals surface area contributed by atoms with Crippen molar-refractivity contribution in [1.82, 2.24) is 9.71 Å². The molecule has 0 spiro atoms. The van der Waals surface area contributed by atoms with Gasteiger partial charge in [-0.2, -0.15) is 13.2 Å². The summed E-state index contributed by atoms with van der Waals surface area (Å²) in [6.45, 7) is 6.36. The first-order valence-corrected chi connectivity index (χ1v) is 15.5. The first-order chi connectivity index (χ1) is 21.4. The Morgan fingerprint density at radius 2 is 1.78 bits per heavy atom. The number of fused-ring (bicyclic) bond motifs is 1. The SMILES string of the molecule is COc1cc(C(=O)CCC(O)(c2cc3c(c(-c4ccc(F)cc4)n2)OCC3(C)NS(=O)C(C)(C)C)C(F)(F)F)ccc1OCCO. The highest BCUT2D eigenvalue weighted by molar-refractivity contribution is 7.84. The number of aromatic nitrogens is 1. The van der Waals surface area contributed by atoms with Crippen LogP contribution in [0, 0.1) is 5.82 Å². The molecule has 9 nitrogen and oxygen atoms in total. The highest BCUT2D eigenvalue weighted by Gasteiger charge is 2.57. The molecule has 4 rings (SSSR count). The van der Waals surface area contributed by atoms with E-state index in [-0.39, 0.29) is 59.5 Å². The molecule has 46 heavy (non-hydrogen) atoms. The lowest BCUT2D eigenvalue weighted by molar-refractivity contribution is -0.270. The first-order valence-electron chi connectivity index (χ1n) is 14.3. The smallest absolute Gasteiger partial charge is 0.422 e. The number of nitrogens with one attached hydrogen (secondary N) is 1. The molecule has 1 aliphatic rings.